The number of carboxylic acids is 1. The molecule has 18 heavy (non-hydrogen) atoms. The summed E-state index contributed by atoms with van der Waals surface area (Å²) in [6.45, 7) is 5.61. The van der Waals surface area contributed by atoms with E-state index in [4.69, 9.17) is 5.11 Å². The minimum atomic E-state index is -0.808. The second kappa shape index (κ2) is 7.03. The number of hydrogen-bond donors (Lipinski definition) is 2. The standard InChI is InChI=1S/C13H22N2O3/c1-10(2)5-3-7-14-13(18)15-8-4-6-11(9-15)12(16)17/h5,11H,3-4,6-9H2,1-2H3,(H,14,18)(H,16,17). The maximum absolute atomic E-state index is 11.8. The van der Waals surface area contributed by atoms with E-state index in [1.165, 1.54) is 5.57 Å². The van der Waals surface area contributed by atoms with Gasteiger partial charge in [0.25, 0.3) is 0 Å². The molecule has 1 atom stereocenters. The van der Waals surface area contributed by atoms with Gasteiger partial charge in [-0.05, 0) is 33.1 Å². The molecule has 0 aliphatic carbocycles. The first-order chi connectivity index (χ1) is 8.50. The first-order valence-corrected chi connectivity index (χ1v) is 6.39. The second-order valence-corrected chi connectivity index (χ2v) is 4.93. The number of nitrogens with one attached hydrogen (secondary N) is 1. The third kappa shape index (κ3) is 4.77. The fraction of sp³-hybridized carbons (Fsp3) is 0.692. The van der Waals surface area contributed by atoms with Crippen LogP contribution in [0.2, 0.25) is 0 Å². The summed E-state index contributed by atoms with van der Waals surface area (Å²) in [7, 11) is 0. The fourth-order valence-corrected chi connectivity index (χ4v) is 2.01. The molecule has 1 unspecified atom stereocenters. The Kier molecular flexibility index (Phi) is 5.68. The van der Waals surface area contributed by atoms with Gasteiger partial charge in [0.2, 0.25) is 0 Å². The fourth-order valence-electron chi connectivity index (χ4n) is 2.01. The van der Waals surface area contributed by atoms with Crippen molar-refractivity contribution in [3.05, 3.63) is 11.6 Å². The molecule has 1 fully saturated rings. The van der Waals surface area contributed by atoms with Gasteiger partial charge in [0.15, 0.2) is 0 Å². The molecular weight excluding hydrogens is 232 g/mol. The third-order valence-electron chi connectivity index (χ3n) is 3.03. The Morgan fingerprint density at radius 3 is 2.78 bits per heavy atom. The van der Waals surface area contributed by atoms with Crippen molar-refractivity contribution in [3.8, 4) is 0 Å². The van der Waals surface area contributed by atoms with E-state index < -0.39 is 11.9 Å². The lowest BCUT2D eigenvalue weighted by atomic mass is 9.99. The minimum Gasteiger partial charge on any atom is -0.481 e. The van der Waals surface area contributed by atoms with E-state index in [9.17, 15) is 9.59 Å². The molecule has 2 N–H and O–H groups in total. The number of rotatable bonds is 4. The van der Waals surface area contributed by atoms with Gasteiger partial charge in [-0.3, -0.25) is 4.79 Å². The number of aliphatic carboxylic acids is 1. The number of carboxylic acid groups (broad SMARTS) is 1. The maximum atomic E-state index is 11.8. The van der Waals surface area contributed by atoms with E-state index in [0.717, 1.165) is 12.8 Å². The highest BCUT2D eigenvalue weighted by Gasteiger charge is 2.27. The zero-order valence-electron chi connectivity index (χ0n) is 11.1. The predicted octanol–water partition coefficient (Wildman–Crippen LogP) is 1.85. The van der Waals surface area contributed by atoms with Crippen molar-refractivity contribution < 1.29 is 14.7 Å². The van der Waals surface area contributed by atoms with Crippen molar-refractivity contribution in [2.45, 2.75) is 33.1 Å². The van der Waals surface area contributed by atoms with Gasteiger partial charge < -0.3 is 15.3 Å². The van der Waals surface area contributed by atoms with Crippen LogP contribution in [-0.4, -0.2) is 41.6 Å². The summed E-state index contributed by atoms with van der Waals surface area (Å²) in [4.78, 5) is 24.3. The van der Waals surface area contributed by atoms with E-state index in [1.807, 2.05) is 13.8 Å². The Morgan fingerprint density at radius 2 is 2.17 bits per heavy atom. The molecule has 102 valence electrons. The molecule has 0 saturated carbocycles. The van der Waals surface area contributed by atoms with Crippen molar-refractivity contribution in [2.75, 3.05) is 19.6 Å². The van der Waals surface area contributed by atoms with Crippen LogP contribution in [0, 0.1) is 5.92 Å². The zero-order chi connectivity index (χ0) is 13.5. The molecule has 5 heteroatoms. The van der Waals surface area contributed by atoms with Gasteiger partial charge in [0.1, 0.15) is 0 Å². The van der Waals surface area contributed by atoms with Crippen LogP contribution in [0.15, 0.2) is 11.6 Å². The number of carbonyl (C=O) groups is 2. The molecule has 0 spiro atoms. The van der Waals surface area contributed by atoms with E-state index in [2.05, 4.69) is 11.4 Å². The van der Waals surface area contributed by atoms with Crippen molar-refractivity contribution in [3.63, 3.8) is 0 Å². The Morgan fingerprint density at radius 1 is 1.44 bits per heavy atom. The van der Waals surface area contributed by atoms with Gasteiger partial charge in [0, 0.05) is 19.6 Å². The van der Waals surface area contributed by atoms with E-state index in [1.54, 1.807) is 4.90 Å². The number of likely N-dealkylation sites (tertiary alicyclic amines) is 1. The molecule has 1 rings (SSSR count). The summed E-state index contributed by atoms with van der Waals surface area (Å²) >= 11 is 0. The highest BCUT2D eigenvalue weighted by atomic mass is 16.4. The predicted molar refractivity (Wildman–Crippen MR) is 69.4 cm³/mol. The SMILES string of the molecule is CC(C)=CCCNC(=O)N1CCCC(C(=O)O)C1. The van der Waals surface area contributed by atoms with Gasteiger partial charge in [-0.25, -0.2) is 4.79 Å². The van der Waals surface area contributed by atoms with E-state index >= 15 is 0 Å². The van der Waals surface area contributed by atoms with Crippen molar-refractivity contribution >= 4 is 12.0 Å². The highest BCUT2D eigenvalue weighted by Crippen LogP contribution is 2.16. The van der Waals surface area contributed by atoms with Crippen LogP contribution in [0.1, 0.15) is 33.1 Å². The molecule has 0 aromatic rings. The number of piperidine rings is 1. The minimum absolute atomic E-state index is 0.150. The second-order valence-electron chi connectivity index (χ2n) is 4.93. The number of amides is 2. The summed E-state index contributed by atoms with van der Waals surface area (Å²) in [5.41, 5.74) is 1.23. The van der Waals surface area contributed by atoms with Crippen LogP contribution in [0.3, 0.4) is 0 Å². The van der Waals surface area contributed by atoms with Crippen molar-refractivity contribution in [1.82, 2.24) is 10.2 Å². The van der Waals surface area contributed by atoms with Crippen LogP contribution in [0.4, 0.5) is 4.79 Å². The molecule has 1 heterocycles. The molecular formula is C13H22N2O3. The molecule has 0 radical (unpaired) electrons. The van der Waals surface area contributed by atoms with E-state index in [0.29, 0.717) is 26.1 Å². The maximum Gasteiger partial charge on any atom is 0.317 e. The number of nitrogens with zero attached hydrogens (tertiary/aromatic N) is 1. The average molecular weight is 254 g/mol. The summed E-state index contributed by atoms with van der Waals surface area (Å²) in [6, 6.07) is -0.150. The van der Waals surface area contributed by atoms with Gasteiger partial charge in [-0.15, -0.1) is 0 Å². The quantitative estimate of drug-likeness (QED) is 0.594. The summed E-state index contributed by atoms with van der Waals surface area (Å²) < 4.78 is 0. The summed E-state index contributed by atoms with van der Waals surface area (Å²) in [5, 5.41) is 11.8. The first kappa shape index (κ1) is 14.5. The smallest absolute Gasteiger partial charge is 0.317 e. The number of carbonyl (C=O) groups excluding carboxylic acids is 1. The molecule has 5 nitrogen and oxygen atoms in total. The lowest BCUT2D eigenvalue weighted by Crippen LogP contribution is -2.47. The normalized spacial score (nSPS) is 19.2. The largest absolute Gasteiger partial charge is 0.481 e. The lowest BCUT2D eigenvalue weighted by Gasteiger charge is -2.30. The van der Waals surface area contributed by atoms with Crippen LogP contribution in [0.5, 0.6) is 0 Å². The van der Waals surface area contributed by atoms with Gasteiger partial charge in [-0.1, -0.05) is 11.6 Å². The summed E-state index contributed by atoms with van der Waals surface area (Å²) in [6.07, 6.45) is 4.30. The molecule has 0 aromatic heterocycles. The number of hydrogen-bond acceptors (Lipinski definition) is 2. The molecule has 1 aliphatic rings. The lowest BCUT2D eigenvalue weighted by molar-refractivity contribution is -0.143. The van der Waals surface area contributed by atoms with Crippen LogP contribution in [-0.2, 0) is 4.79 Å². The molecule has 2 amide bonds. The number of urea groups is 1. The molecule has 0 aromatic carbocycles. The Bertz CT molecular complexity index is 335. The topological polar surface area (TPSA) is 69.6 Å². The monoisotopic (exact) mass is 254 g/mol. The third-order valence-corrected chi connectivity index (χ3v) is 3.03. The van der Waals surface area contributed by atoms with Gasteiger partial charge in [0.05, 0.1) is 5.92 Å². The van der Waals surface area contributed by atoms with Crippen LogP contribution >= 0.6 is 0 Å². The van der Waals surface area contributed by atoms with Gasteiger partial charge >= 0.3 is 12.0 Å². The van der Waals surface area contributed by atoms with Crippen LogP contribution < -0.4 is 5.32 Å². The Labute approximate surface area is 108 Å². The van der Waals surface area contributed by atoms with E-state index in [-0.39, 0.29) is 6.03 Å². The van der Waals surface area contributed by atoms with Crippen LogP contribution in [0.25, 0.3) is 0 Å². The van der Waals surface area contributed by atoms with Crippen molar-refractivity contribution in [1.29, 1.82) is 0 Å². The first-order valence-electron chi connectivity index (χ1n) is 6.39. The number of allylic oxidation sites excluding steroid dienone is 1. The summed E-state index contributed by atoms with van der Waals surface area (Å²) in [5.74, 6) is -1.22. The molecule has 1 saturated heterocycles. The average Bonchev–Trinajstić information content (AvgIpc) is 2.34. The highest BCUT2D eigenvalue weighted by molar-refractivity contribution is 5.76. The Hall–Kier alpha value is -1.52. The zero-order valence-corrected chi connectivity index (χ0v) is 11.1. The molecule has 1 aliphatic heterocycles. The van der Waals surface area contributed by atoms with Crippen molar-refractivity contribution in [2.24, 2.45) is 5.92 Å². The van der Waals surface area contributed by atoms with Gasteiger partial charge in [-0.2, -0.15) is 0 Å². The Balaban J connectivity index is 2.33. The molecule has 0 bridgehead atoms.